The highest BCUT2D eigenvalue weighted by molar-refractivity contribution is 5.91. The maximum atomic E-state index is 12.4. The fourth-order valence-corrected chi connectivity index (χ4v) is 2.98. The molecule has 0 aliphatic rings. The predicted molar refractivity (Wildman–Crippen MR) is 114 cm³/mol. The topological polar surface area (TPSA) is 77.6 Å². The lowest BCUT2D eigenvalue weighted by Gasteiger charge is -2.01. The monoisotopic (exact) mass is 398 g/mol. The molecular weight excluding hydrogens is 376 g/mol. The van der Waals surface area contributed by atoms with E-state index in [0.717, 1.165) is 11.1 Å². The van der Waals surface area contributed by atoms with Crippen LogP contribution in [0.15, 0.2) is 85.3 Å². The van der Waals surface area contributed by atoms with Crippen LogP contribution in [-0.4, -0.2) is 30.7 Å². The Morgan fingerprint density at radius 1 is 0.933 bits per heavy atom. The molecule has 1 amide bonds. The van der Waals surface area contributed by atoms with Crippen LogP contribution in [0.3, 0.4) is 0 Å². The lowest BCUT2D eigenvalue weighted by Crippen LogP contribution is -2.23. The van der Waals surface area contributed by atoms with Crippen molar-refractivity contribution in [1.29, 1.82) is 0 Å². The van der Waals surface area contributed by atoms with Crippen molar-refractivity contribution in [2.45, 2.75) is 19.6 Å². The van der Waals surface area contributed by atoms with Gasteiger partial charge < -0.3 is 5.32 Å². The molecule has 7 nitrogen and oxygen atoms in total. The number of amides is 1. The largest absolute Gasteiger partial charge is 0.346 e. The molecule has 30 heavy (non-hydrogen) atoms. The Bertz CT molecular complexity index is 1110. The predicted octanol–water partition coefficient (Wildman–Crippen LogP) is 3.17. The first kappa shape index (κ1) is 19.3. The molecule has 7 heteroatoms. The minimum atomic E-state index is -0.260. The first-order chi connectivity index (χ1) is 14.8. The van der Waals surface area contributed by atoms with E-state index in [1.54, 1.807) is 17.1 Å². The van der Waals surface area contributed by atoms with Crippen LogP contribution in [0.1, 0.15) is 27.2 Å². The Hall–Kier alpha value is -4.00. The zero-order valence-corrected chi connectivity index (χ0v) is 16.4. The van der Waals surface area contributed by atoms with Gasteiger partial charge in [0.1, 0.15) is 0 Å². The molecule has 150 valence electrons. The van der Waals surface area contributed by atoms with Gasteiger partial charge in [-0.05, 0) is 11.1 Å². The Morgan fingerprint density at radius 3 is 2.50 bits per heavy atom. The van der Waals surface area contributed by atoms with E-state index in [9.17, 15) is 4.79 Å². The van der Waals surface area contributed by atoms with E-state index >= 15 is 0 Å². The fourth-order valence-electron chi connectivity index (χ4n) is 2.98. The van der Waals surface area contributed by atoms with E-state index in [0.29, 0.717) is 25.3 Å². The minimum Gasteiger partial charge on any atom is -0.346 e. The molecular formula is C23H22N6O. The van der Waals surface area contributed by atoms with E-state index in [1.165, 1.54) is 5.56 Å². The van der Waals surface area contributed by atoms with Gasteiger partial charge in [-0.25, -0.2) is 4.68 Å². The van der Waals surface area contributed by atoms with Gasteiger partial charge in [-0.1, -0.05) is 78.0 Å². The summed E-state index contributed by atoms with van der Waals surface area (Å²) in [5, 5.41) is 15.2. The number of hydrogen-bond acceptors (Lipinski definition) is 4. The molecule has 0 aliphatic heterocycles. The third-order valence-corrected chi connectivity index (χ3v) is 4.50. The van der Waals surface area contributed by atoms with Crippen molar-refractivity contribution in [3.05, 3.63) is 108 Å². The van der Waals surface area contributed by atoms with Crippen molar-refractivity contribution in [3.63, 3.8) is 0 Å². The molecule has 0 bridgehead atoms. The number of carbonyl (C=O) groups is 1. The first-order valence-corrected chi connectivity index (χ1v) is 9.71. The summed E-state index contributed by atoms with van der Waals surface area (Å²) in [4.78, 5) is 12.4. The molecule has 0 saturated carbocycles. The molecule has 0 aliphatic carbocycles. The van der Waals surface area contributed by atoms with Gasteiger partial charge in [-0.2, -0.15) is 5.10 Å². The van der Waals surface area contributed by atoms with E-state index in [4.69, 9.17) is 0 Å². The van der Waals surface area contributed by atoms with Crippen molar-refractivity contribution in [2.24, 2.45) is 0 Å². The van der Waals surface area contributed by atoms with Crippen molar-refractivity contribution >= 4 is 12.0 Å². The van der Waals surface area contributed by atoms with Gasteiger partial charge in [0, 0.05) is 18.3 Å². The number of aromatic nitrogens is 5. The quantitative estimate of drug-likeness (QED) is 0.495. The lowest BCUT2D eigenvalue weighted by molar-refractivity contribution is 0.0946. The second-order valence-electron chi connectivity index (χ2n) is 6.85. The van der Waals surface area contributed by atoms with E-state index in [2.05, 4.69) is 32.9 Å². The molecule has 1 N–H and O–H groups in total. The smallest absolute Gasteiger partial charge is 0.273 e. The number of benzene rings is 2. The van der Waals surface area contributed by atoms with Gasteiger partial charge >= 0.3 is 0 Å². The van der Waals surface area contributed by atoms with Crippen LogP contribution >= 0.6 is 0 Å². The average Bonchev–Trinajstić information content (AvgIpc) is 3.43. The van der Waals surface area contributed by atoms with Crippen LogP contribution in [0, 0.1) is 0 Å². The van der Waals surface area contributed by atoms with Crippen molar-refractivity contribution < 1.29 is 4.79 Å². The Labute approximate surface area is 174 Å². The summed E-state index contributed by atoms with van der Waals surface area (Å²) < 4.78 is 3.48. The van der Waals surface area contributed by atoms with E-state index in [-0.39, 0.29) is 5.91 Å². The Kier molecular flexibility index (Phi) is 6.10. The standard InChI is InChI=1S/C23H22N6O/c30-23(22-18-28(27-26-22)13-7-12-19-8-3-1-4-9-19)24-14-21-15-25-29(17-21)16-20-10-5-2-6-11-20/h1-12,15,17-18H,13-14,16H2,(H,24,30)/b12-7+. The van der Waals surface area contributed by atoms with E-state index in [1.807, 2.05) is 71.6 Å². The van der Waals surface area contributed by atoms with Gasteiger partial charge in [0.2, 0.25) is 0 Å². The number of rotatable bonds is 8. The zero-order valence-electron chi connectivity index (χ0n) is 16.4. The van der Waals surface area contributed by atoms with Crippen LogP contribution in [0.4, 0.5) is 0 Å². The second kappa shape index (κ2) is 9.47. The number of allylic oxidation sites excluding steroid dienone is 1. The maximum Gasteiger partial charge on any atom is 0.273 e. The first-order valence-electron chi connectivity index (χ1n) is 9.71. The number of hydrogen-bond donors (Lipinski definition) is 1. The lowest BCUT2D eigenvalue weighted by atomic mass is 10.2. The summed E-state index contributed by atoms with van der Waals surface area (Å²) in [7, 11) is 0. The number of carbonyl (C=O) groups excluding carboxylic acids is 1. The molecule has 2 aromatic carbocycles. The summed E-state index contributed by atoms with van der Waals surface area (Å²) in [5.41, 5.74) is 3.51. The zero-order chi connectivity index (χ0) is 20.6. The van der Waals surface area contributed by atoms with E-state index < -0.39 is 0 Å². The van der Waals surface area contributed by atoms with Crippen molar-refractivity contribution in [3.8, 4) is 0 Å². The third-order valence-electron chi connectivity index (χ3n) is 4.50. The molecule has 0 fully saturated rings. The fraction of sp³-hybridized carbons (Fsp3) is 0.130. The van der Waals surface area contributed by atoms with Crippen LogP contribution in [0.2, 0.25) is 0 Å². The molecule has 2 heterocycles. The van der Waals surface area contributed by atoms with Gasteiger partial charge in [0.15, 0.2) is 5.69 Å². The van der Waals surface area contributed by atoms with Crippen molar-refractivity contribution in [2.75, 3.05) is 0 Å². The second-order valence-corrected chi connectivity index (χ2v) is 6.85. The van der Waals surface area contributed by atoms with Gasteiger partial charge in [-0.3, -0.25) is 9.48 Å². The summed E-state index contributed by atoms with van der Waals surface area (Å²) in [6.45, 7) is 1.62. The van der Waals surface area contributed by atoms with Crippen LogP contribution in [0.25, 0.3) is 6.08 Å². The van der Waals surface area contributed by atoms with Crippen LogP contribution in [-0.2, 0) is 19.6 Å². The summed E-state index contributed by atoms with van der Waals surface area (Å²) in [6.07, 6.45) is 9.32. The molecule has 0 atom stereocenters. The molecule has 0 spiro atoms. The third kappa shape index (κ3) is 5.29. The maximum absolute atomic E-state index is 12.4. The molecule has 0 radical (unpaired) electrons. The SMILES string of the molecule is O=C(NCc1cnn(Cc2ccccc2)c1)c1cn(C/C=C/c2ccccc2)nn1. The Morgan fingerprint density at radius 2 is 1.70 bits per heavy atom. The van der Waals surface area contributed by atoms with Crippen LogP contribution in [0.5, 0.6) is 0 Å². The molecule has 0 saturated heterocycles. The number of nitrogens with one attached hydrogen (secondary N) is 1. The average molecular weight is 398 g/mol. The molecule has 2 aromatic heterocycles. The van der Waals surface area contributed by atoms with Gasteiger partial charge in [0.25, 0.3) is 5.91 Å². The summed E-state index contributed by atoms with van der Waals surface area (Å²) in [5.74, 6) is -0.260. The molecule has 4 aromatic rings. The molecule has 0 unspecified atom stereocenters. The van der Waals surface area contributed by atoms with Crippen molar-refractivity contribution in [1.82, 2.24) is 30.1 Å². The highest BCUT2D eigenvalue weighted by Crippen LogP contribution is 2.05. The highest BCUT2D eigenvalue weighted by Gasteiger charge is 2.10. The van der Waals surface area contributed by atoms with Gasteiger partial charge in [0.05, 0.1) is 25.5 Å². The van der Waals surface area contributed by atoms with Crippen LogP contribution < -0.4 is 5.32 Å². The minimum absolute atomic E-state index is 0.260. The summed E-state index contributed by atoms with van der Waals surface area (Å²) in [6, 6.07) is 20.1. The summed E-state index contributed by atoms with van der Waals surface area (Å²) >= 11 is 0. The van der Waals surface area contributed by atoms with Gasteiger partial charge in [-0.15, -0.1) is 5.10 Å². The molecule has 4 rings (SSSR count). The number of nitrogens with zero attached hydrogens (tertiary/aromatic N) is 5. The normalized spacial score (nSPS) is 11.1. The Balaban J connectivity index is 1.27. The highest BCUT2D eigenvalue weighted by atomic mass is 16.2.